The molecule has 0 atom stereocenters. The molecule has 2 aromatic heterocycles. The Morgan fingerprint density at radius 2 is 1.96 bits per heavy atom. The minimum Gasteiger partial charge on any atom is -0.439 e. The minimum absolute atomic E-state index is 0.114. The zero-order valence-corrected chi connectivity index (χ0v) is 14.0. The number of hydrogen-bond acceptors (Lipinski definition) is 4. The number of hydrogen-bond donors (Lipinski definition) is 2. The van der Waals surface area contributed by atoms with Gasteiger partial charge in [-0.3, -0.25) is 9.59 Å². The van der Waals surface area contributed by atoms with E-state index in [4.69, 9.17) is 4.74 Å². The molecule has 1 aromatic carbocycles. The van der Waals surface area contributed by atoms with Gasteiger partial charge in [0.2, 0.25) is 5.88 Å². The molecule has 0 aliphatic rings. The predicted molar refractivity (Wildman–Crippen MR) is 92.7 cm³/mol. The van der Waals surface area contributed by atoms with E-state index in [1.54, 1.807) is 18.3 Å². The summed E-state index contributed by atoms with van der Waals surface area (Å²) in [7, 11) is 0. The van der Waals surface area contributed by atoms with E-state index in [0.717, 1.165) is 5.56 Å². The van der Waals surface area contributed by atoms with Gasteiger partial charge in [0.1, 0.15) is 17.3 Å². The SMILES string of the molecule is CC(=O)c1c[nH]c(C(=O)NCc2ccnc(Oc3ccc(F)cc3)c2)c1. The van der Waals surface area contributed by atoms with Crippen LogP contribution in [0.4, 0.5) is 4.39 Å². The second-order valence-corrected chi connectivity index (χ2v) is 5.60. The van der Waals surface area contributed by atoms with Crippen molar-refractivity contribution in [2.45, 2.75) is 13.5 Å². The summed E-state index contributed by atoms with van der Waals surface area (Å²) < 4.78 is 18.5. The number of pyridine rings is 1. The number of carbonyl (C=O) groups excluding carboxylic acids is 2. The van der Waals surface area contributed by atoms with Crippen LogP contribution >= 0.6 is 0 Å². The van der Waals surface area contributed by atoms with E-state index < -0.39 is 0 Å². The zero-order valence-electron chi connectivity index (χ0n) is 14.0. The Morgan fingerprint density at radius 1 is 1.19 bits per heavy atom. The number of ether oxygens (including phenoxy) is 1. The van der Waals surface area contributed by atoms with Crippen LogP contribution in [0.25, 0.3) is 0 Å². The largest absolute Gasteiger partial charge is 0.439 e. The Morgan fingerprint density at radius 3 is 2.65 bits per heavy atom. The van der Waals surface area contributed by atoms with Crippen LogP contribution < -0.4 is 10.1 Å². The van der Waals surface area contributed by atoms with Crippen molar-refractivity contribution in [3.05, 3.63) is 77.5 Å². The van der Waals surface area contributed by atoms with E-state index in [1.165, 1.54) is 43.5 Å². The molecule has 3 aromatic rings. The standard InChI is InChI=1S/C19H16FN3O3/c1-12(24)14-9-17(22-11-14)19(25)23-10-13-6-7-21-18(8-13)26-16-4-2-15(20)3-5-16/h2-9,11,22H,10H2,1H3,(H,23,25). The van der Waals surface area contributed by atoms with E-state index in [-0.39, 0.29) is 24.1 Å². The van der Waals surface area contributed by atoms with Gasteiger partial charge in [0, 0.05) is 30.6 Å². The molecule has 0 saturated carbocycles. The zero-order chi connectivity index (χ0) is 18.5. The van der Waals surface area contributed by atoms with Crippen molar-refractivity contribution in [1.82, 2.24) is 15.3 Å². The van der Waals surface area contributed by atoms with Crippen LogP contribution in [0.1, 0.15) is 33.3 Å². The molecular weight excluding hydrogens is 337 g/mol. The number of benzene rings is 1. The Kier molecular flexibility index (Phi) is 5.07. The quantitative estimate of drug-likeness (QED) is 0.665. The minimum atomic E-state index is -0.348. The smallest absolute Gasteiger partial charge is 0.267 e. The van der Waals surface area contributed by atoms with Gasteiger partial charge in [-0.1, -0.05) is 0 Å². The van der Waals surface area contributed by atoms with Crippen molar-refractivity contribution in [2.75, 3.05) is 0 Å². The average molecular weight is 353 g/mol. The molecule has 0 aliphatic carbocycles. The number of carbonyl (C=O) groups is 2. The average Bonchev–Trinajstić information content (AvgIpc) is 3.13. The topological polar surface area (TPSA) is 84.1 Å². The third-order valence-corrected chi connectivity index (χ3v) is 3.62. The summed E-state index contributed by atoms with van der Waals surface area (Å²) in [4.78, 5) is 30.3. The maximum atomic E-state index is 12.9. The van der Waals surface area contributed by atoms with E-state index in [9.17, 15) is 14.0 Å². The number of Topliss-reactive ketones (excluding diaryl/α,β-unsaturated/α-hetero) is 1. The van der Waals surface area contributed by atoms with Crippen molar-refractivity contribution in [3.8, 4) is 11.6 Å². The summed E-state index contributed by atoms with van der Waals surface area (Å²) >= 11 is 0. The number of halogens is 1. The highest BCUT2D eigenvalue weighted by atomic mass is 19.1. The molecule has 0 bridgehead atoms. The van der Waals surface area contributed by atoms with Crippen LogP contribution in [0.5, 0.6) is 11.6 Å². The van der Waals surface area contributed by atoms with Gasteiger partial charge in [0.15, 0.2) is 5.78 Å². The monoisotopic (exact) mass is 353 g/mol. The van der Waals surface area contributed by atoms with Gasteiger partial charge in [0.25, 0.3) is 5.91 Å². The molecule has 0 spiro atoms. The van der Waals surface area contributed by atoms with Crippen molar-refractivity contribution in [1.29, 1.82) is 0 Å². The summed E-state index contributed by atoms with van der Waals surface area (Å²) in [6.07, 6.45) is 3.06. The fourth-order valence-electron chi connectivity index (χ4n) is 2.25. The normalized spacial score (nSPS) is 10.4. The summed E-state index contributed by atoms with van der Waals surface area (Å²) in [5, 5.41) is 2.75. The second-order valence-electron chi connectivity index (χ2n) is 5.60. The molecule has 0 saturated heterocycles. The molecule has 132 valence electrons. The molecule has 0 radical (unpaired) electrons. The molecular formula is C19H16FN3O3. The second kappa shape index (κ2) is 7.60. The number of aromatic nitrogens is 2. The molecule has 3 rings (SSSR count). The van der Waals surface area contributed by atoms with Crippen LogP contribution in [-0.2, 0) is 6.54 Å². The summed E-state index contributed by atoms with van der Waals surface area (Å²) in [5.74, 6) is 0.0108. The number of rotatable bonds is 6. The number of aromatic amines is 1. The first kappa shape index (κ1) is 17.3. The predicted octanol–water partition coefficient (Wildman–Crippen LogP) is 3.47. The van der Waals surface area contributed by atoms with Gasteiger partial charge in [-0.25, -0.2) is 9.37 Å². The van der Waals surface area contributed by atoms with E-state index in [2.05, 4.69) is 15.3 Å². The molecule has 6 nitrogen and oxygen atoms in total. The van der Waals surface area contributed by atoms with E-state index in [1.807, 2.05) is 0 Å². The van der Waals surface area contributed by atoms with E-state index >= 15 is 0 Å². The van der Waals surface area contributed by atoms with Gasteiger partial charge >= 0.3 is 0 Å². The van der Waals surface area contributed by atoms with Gasteiger partial charge < -0.3 is 15.0 Å². The molecule has 0 aliphatic heterocycles. The van der Waals surface area contributed by atoms with Crippen molar-refractivity contribution in [2.24, 2.45) is 0 Å². The lowest BCUT2D eigenvalue weighted by molar-refractivity contribution is 0.0946. The molecule has 26 heavy (non-hydrogen) atoms. The number of nitrogens with zero attached hydrogens (tertiary/aromatic N) is 1. The molecule has 1 amide bonds. The van der Waals surface area contributed by atoms with Gasteiger partial charge in [-0.2, -0.15) is 0 Å². The van der Waals surface area contributed by atoms with Crippen LogP contribution in [-0.4, -0.2) is 21.7 Å². The summed E-state index contributed by atoms with van der Waals surface area (Å²) in [6.45, 7) is 1.69. The van der Waals surface area contributed by atoms with Crippen LogP contribution in [0.15, 0.2) is 54.9 Å². The van der Waals surface area contributed by atoms with Crippen LogP contribution in [0.3, 0.4) is 0 Å². The highest BCUT2D eigenvalue weighted by Gasteiger charge is 2.10. The van der Waals surface area contributed by atoms with Crippen LogP contribution in [0.2, 0.25) is 0 Å². The third kappa shape index (κ3) is 4.32. The first-order valence-corrected chi connectivity index (χ1v) is 7.87. The summed E-state index contributed by atoms with van der Waals surface area (Å²) in [5.41, 5.74) is 1.55. The fraction of sp³-hybridized carbons (Fsp3) is 0.105. The Balaban J connectivity index is 1.62. The Labute approximate surface area is 149 Å². The van der Waals surface area contributed by atoms with Gasteiger partial charge in [0.05, 0.1) is 0 Å². The Bertz CT molecular complexity index is 935. The molecule has 0 fully saturated rings. The lowest BCUT2D eigenvalue weighted by atomic mass is 10.2. The molecule has 7 heteroatoms. The van der Waals surface area contributed by atoms with Gasteiger partial charge in [-0.15, -0.1) is 0 Å². The third-order valence-electron chi connectivity index (χ3n) is 3.62. The van der Waals surface area contributed by atoms with Crippen molar-refractivity contribution in [3.63, 3.8) is 0 Å². The van der Waals surface area contributed by atoms with Crippen molar-refractivity contribution >= 4 is 11.7 Å². The first-order chi connectivity index (χ1) is 12.5. The lowest BCUT2D eigenvalue weighted by Gasteiger charge is -2.07. The highest BCUT2D eigenvalue weighted by Crippen LogP contribution is 2.20. The lowest BCUT2D eigenvalue weighted by Crippen LogP contribution is -2.23. The fourth-order valence-corrected chi connectivity index (χ4v) is 2.25. The maximum Gasteiger partial charge on any atom is 0.267 e. The number of ketones is 1. The van der Waals surface area contributed by atoms with Gasteiger partial charge in [-0.05, 0) is 48.9 Å². The maximum absolute atomic E-state index is 12.9. The van der Waals surface area contributed by atoms with E-state index in [0.29, 0.717) is 22.9 Å². The number of nitrogens with one attached hydrogen (secondary N) is 2. The number of H-pyrrole nitrogens is 1. The number of amides is 1. The first-order valence-electron chi connectivity index (χ1n) is 7.87. The summed E-state index contributed by atoms with van der Waals surface area (Å²) in [6, 6.07) is 10.5. The Hall–Kier alpha value is -3.48. The molecule has 2 N–H and O–H groups in total. The molecule has 2 heterocycles. The van der Waals surface area contributed by atoms with Crippen LogP contribution in [0, 0.1) is 5.82 Å². The molecule has 0 unspecified atom stereocenters. The van der Waals surface area contributed by atoms with Crippen molar-refractivity contribution < 1.29 is 18.7 Å². The highest BCUT2D eigenvalue weighted by molar-refractivity contribution is 5.99.